The molecule has 31 heavy (non-hydrogen) atoms. The van der Waals surface area contributed by atoms with Crippen LogP contribution in [0.15, 0.2) is 71.8 Å². The lowest BCUT2D eigenvalue weighted by Gasteiger charge is -2.12. The molecule has 0 spiro atoms. The Balaban J connectivity index is 1.73. The molecule has 0 saturated carbocycles. The van der Waals surface area contributed by atoms with Crippen LogP contribution in [0.1, 0.15) is 33.2 Å². The van der Waals surface area contributed by atoms with Crippen molar-refractivity contribution >= 4 is 41.3 Å². The first-order valence-electron chi connectivity index (χ1n) is 9.30. The van der Waals surface area contributed by atoms with Gasteiger partial charge in [-0.05, 0) is 61.0 Å². The predicted molar refractivity (Wildman–Crippen MR) is 121 cm³/mol. The monoisotopic (exact) mass is 456 g/mol. The average Bonchev–Trinajstić information content (AvgIpc) is 2.76. The van der Waals surface area contributed by atoms with E-state index >= 15 is 0 Å². The third kappa shape index (κ3) is 6.07. The van der Waals surface area contributed by atoms with Crippen molar-refractivity contribution in [2.45, 2.75) is 6.92 Å². The Morgan fingerprint density at radius 2 is 1.77 bits per heavy atom. The largest absolute Gasteiger partial charge is 0.490 e. The fourth-order valence-electron chi connectivity index (χ4n) is 2.59. The molecule has 0 aliphatic carbocycles. The van der Waals surface area contributed by atoms with Crippen molar-refractivity contribution in [2.75, 3.05) is 6.61 Å². The Hall–Kier alpha value is -3.35. The summed E-state index contributed by atoms with van der Waals surface area (Å²) in [5.41, 5.74) is 3.78. The molecule has 0 unspecified atom stereocenters. The van der Waals surface area contributed by atoms with E-state index in [4.69, 9.17) is 32.7 Å². The van der Waals surface area contributed by atoms with Crippen LogP contribution in [0.4, 0.5) is 0 Å². The Morgan fingerprint density at radius 3 is 2.48 bits per heavy atom. The van der Waals surface area contributed by atoms with Crippen molar-refractivity contribution in [2.24, 2.45) is 5.10 Å². The molecule has 1 N–H and O–H groups in total. The number of benzene rings is 3. The molecule has 0 aromatic heterocycles. The summed E-state index contributed by atoms with van der Waals surface area (Å²) in [6.45, 7) is 2.17. The van der Waals surface area contributed by atoms with Gasteiger partial charge in [0.2, 0.25) is 0 Å². The quantitative estimate of drug-likeness (QED) is 0.224. The molecule has 3 aromatic rings. The summed E-state index contributed by atoms with van der Waals surface area (Å²) in [5, 5.41) is 4.56. The summed E-state index contributed by atoms with van der Waals surface area (Å²) in [6, 6.07) is 18.1. The maximum absolute atomic E-state index is 12.5. The van der Waals surface area contributed by atoms with E-state index in [1.807, 2.05) is 13.0 Å². The lowest BCUT2D eigenvalue weighted by atomic mass is 10.2. The second-order valence-corrected chi connectivity index (χ2v) is 7.06. The van der Waals surface area contributed by atoms with E-state index in [9.17, 15) is 9.59 Å². The van der Waals surface area contributed by atoms with Gasteiger partial charge in [0.25, 0.3) is 5.91 Å². The van der Waals surface area contributed by atoms with Gasteiger partial charge in [0.15, 0.2) is 11.5 Å². The van der Waals surface area contributed by atoms with E-state index in [2.05, 4.69) is 10.5 Å². The van der Waals surface area contributed by atoms with E-state index in [-0.39, 0.29) is 22.2 Å². The standard InChI is InChI=1S/C23H18Cl2N2O4/c1-2-30-21-12-15(14-26-27-22(28)16-6-4-3-5-7-16)8-11-20(21)31-23(29)18-10-9-17(24)13-19(18)25/h3-14H,2H2,1H3,(H,27,28). The van der Waals surface area contributed by atoms with Crippen molar-refractivity contribution in [3.8, 4) is 11.5 Å². The smallest absolute Gasteiger partial charge is 0.345 e. The number of halogens is 2. The lowest BCUT2D eigenvalue weighted by Crippen LogP contribution is -2.17. The number of hydrazone groups is 1. The van der Waals surface area contributed by atoms with Gasteiger partial charge in [-0.1, -0.05) is 41.4 Å². The number of rotatable bonds is 7. The minimum atomic E-state index is -0.640. The number of ether oxygens (including phenoxy) is 2. The van der Waals surface area contributed by atoms with Crippen LogP contribution in [0, 0.1) is 0 Å². The van der Waals surface area contributed by atoms with Crippen LogP contribution in [-0.2, 0) is 0 Å². The first-order valence-corrected chi connectivity index (χ1v) is 10.1. The molecular formula is C23H18Cl2N2O4. The highest BCUT2D eigenvalue weighted by atomic mass is 35.5. The highest BCUT2D eigenvalue weighted by Crippen LogP contribution is 2.30. The van der Waals surface area contributed by atoms with Crippen LogP contribution in [0.5, 0.6) is 11.5 Å². The van der Waals surface area contributed by atoms with E-state index in [1.165, 1.54) is 18.3 Å². The normalized spacial score (nSPS) is 10.7. The van der Waals surface area contributed by atoms with E-state index in [1.54, 1.807) is 48.5 Å². The maximum Gasteiger partial charge on any atom is 0.345 e. The minimum absolute atomic E-state index is 0.183. The van der Waals surface area contributed by atoms with E-state index < -0.39 is 5.97 Å². The van der Waals surface area contributed by atoms with Crippen LogP contribution < -0.4 is 14.9 Å². The predicted octanol–water partition coefficient (Wildman–Crippen LogP) is 5.38. The first-order chi connectivity index (χ1) is 15.0. The number of hydrogen-bond donors (Lipinski definition) is 1. The molecule has 3 rings (SSSR count). The average molecular weight is 457 g/mol. The topological polar surface area (TPSA) is 77.0 Å². The van der Waals surface area contributed by atoms with Crippen molar-refractivity contribution in [3.63, 3.8) is 0 Å². The number of carbonyl (C=O) groups excluding carboxylic acids is 2. The van der Waals surface area contributed by atoms with Crippen LogP contribution in [0.25, 0.3) is 0 Å². The Bertz CT molecular complexity index is 1120. The summed E-state index contributed by atoms with van der Waals surface area (Å²) < 4.78 is 11.0. The first kappa shape index (κ1) is 22.3. The summed E-state index contributed by atoms with van der Waals surface area (Å²) in [4.78, 5) is 24.5. The maximum atomic E-state index is 12.5. The molecule has 0 aliphatic heterocycles. The highest BCUT2D eigenvalue weighted by Gasteiger charge is 2.16. The van der Waals surface area contributed by atoms with Crippen molar-refractivity contribution < 1.29 is 19.1 Å². The molecule has 8 heteroatoms. The molecule has 0 heterocycles. The molecule has 158 valence electrons. The number of hydrogen-bond acceptors (Lipinski definition) is 5. The van der Waals surface area contributed by atoms with Crippen molar-refractivity contribution in [1.82, 2.24) is 5.43 Å². The number of nitrogens with one attached hydrogen (secondary N) is 1. The Kier molecular flexibility index (Phi) is 7.65. The Labute approximate surface area is 189 Å². The van der Waals surface area contributed by atoms with Crippen LogP contribution in [-0.4, -0.2) is 24.7 Å². The molecule has 0 atom stereocenters. The molecule has 3 aromatic carbocycles. The molecule has 0 saturated heterocycles. The fraction of sp³-hybridized carbons (Fsp3) is 0.0870. The van der Waals surface area contributed by atoms with Gasteiger partial charge < -0.3 is 9.47 Å². The van der Waals surface area contributed by atoms with Crippen LogP contribution in [0.2, 0.25) is 10.0 Å². The fourth-order valence-corrected chi connectivity index (χ4v) is 3.07. The van der Waals surface area contributed by atoms with Crippen LogP contribution >= 0.6 is 23.2 Å². The second kappa shape index (κ2) is 10.6. The highest BCUT2D eigenvalue weighted by molar-refractivity contribution is 6.36. The number of amides is 1. The zero-order valence-electron chi connectivity index (χ0n) is 16.5. The summed E-state index contributed by atoms with van der Waals surface area (Å²) in [7, 11) is 0. The van der Waals surface area contributed by atoms with Gasteiger partial charge in [-0.25, -0.2) is 10.2 Å². The molecule has 1 amide bonds. The zero-order valence-corrected chi connectivity index (χ0v) is 18.0. The van der Waals surface area contributed by atoms with Crippen molar-refractivity contribution in [1.29, 1.82) is 0 Å². The second-order valence-electron chi connectivity index (χ2n) is 6.22. The number of nitrogens with zero attached hydrogens (tertiary/aromatic N) is 1. The van der Waals surface area contributed by atoms with Gasteiger partial charge in [0.1, 0.15) is 0 Å². The summed E-state index contributed by atoms with van der Waals surface area (Å²) >= 11 is 11.9. The SMILES string of the molecule is CCOc1cc(C=NNC(=O)c2ccccc2)ccc1OC(=O)c1ccc(Cl)cc1Cl. The van der Waals surface area contributed by atoms with E-state index in [0.717, 1.165) is 0 Å². The minimum Gasteiger partial charge on any atom is -0.490 e. The molecule has 0 aliphatic rings. The third-order valence-electron chi connectivity index (χ3n) is 4.04. The molecule has 0 fully saturated rings. The lowest BCUT2D eigenvalue weighted by molar-refractivity contribution is 0.0728. The summed E-state index contributed by atoms with van der Waals surface area (Å²) in [5.74, 6) is -0.394. The number of esters is 1. The van der Waals surface area contributed by atoms with Gasteiger partial charge in [0, 0.05) is 10.6 Å². The van der Waals surface area contributed by atoms with Gasteiger partial charge in [-0.2, -0.15) is 5.10 Å². The third-order valence-corrected chi connectivity index (χ3v) is 4.58. The van der Waals surface area contributed by atoms with Gasteiger partial charge >= 0.3 is 5.97 Å². The molecular weight excluding hydrogens is 439 g/mol. The van der Waals surface area contributed by atoms with Gasteiger partial charge in [0.05, 0.1) is 23.4 Å². The number of carbonyl (C=O) groups is 2. The zero-order chi connectivity index (χ0) is 22.2. The van der Waals surface area contributed by atoms with Gasteiger partial charge in [-0.15, -0.1) is 0 Å². The van der Waals surface area contributed by atoms with Gasteiger partial charge in [-0.3, -0.25) is 4.79 Å². The molecule has 0 bridgehead atoms. The molecule has 6 nitrogen and oxygen atoms in total. The van der Waals surface area contributed by atoms with E-state index in [0.29, 0.717) is 28.5 Å². The Morgan fingerprint density at radius 1 is 1.00 bits per heavy atom. The van der Waals surface area contributed by atoms with Crippen LogP contribution in [0.3, 0.4) is 0 Å². The molecule has 0 radical (unpaired) electrons. The van der Waals surface area contributed by atoms with Crippen molar-refractivity contribution in [3.05, 3.63) is 93.5 Å². The summed E-state index contributed by atoms with van der Waals surface area (Å²) in [6.07, 6.45) is 1.46.